The van der Waals surface area contributed by atoms with Crippen LogP contribution in [0.5, 0.6) is 0 Å². The fourth-order valence-corrected chi connectivity index (χ4v) is 2.65. The van der Waals surface area contributed by atoms with Gasteiger partial charge in [0.25, 0.3) is 0 Å². The molecule has 0 aromatic carbocycles. The predicted molar refractivity (Wildman–Crippen MR) is 89.0 cm³/mol. The molecule has 2 N–H and O–H groups in total. The van der Waals surface area contributed by atoms with Gasteiger partial charge in [-0.25, -0.2) is 4.98 Å². The summed E-state index contributed by atoms with van der Waals surface area (Å²) in [4.78, 5) is 20.7. The molecule has 0 radical (unpaired) electrons. The van der Waals surface area contributed by atoms with Crippen LogP contribution < -0.4 is 0 Å². The predicted octanol–water partition coefficient (Wildman–Crippen LogP) is 0.253. The van der Waals surface area contributed by atoms with Crippen molar-refractivity contribution in [3.05, 3.63) is 18.2 Å². The number of carbonyl (C=O) groups excluding carboxylic acids is 1. The topological polar surface area (TPSA) is 116 Å². The van der Waals surface area contributed by atoms with Crippen molar-refractivity contribution < 1.29 is 22.3 Å². The zero-order valence-corrected chi connectivity index (χ0v) is 15.1. The molecule has 1 aliphatic rings. The van der Waals surface area contributed by atoms with E-state index in [1.807, 2.05) is 22.7 Å². The number of hydrogen-bond donors (Lipinski definition) is 2. The van der Waals surface area contributed by atoms with Gasteiger partial charge in [0.15, 0.2) is 0 Å². The van der Waals surface area contributed by atoms with Crippen LogP contribution in [0.2, 0.25) is 0 Å². The first-order valence-electron chi connectivity index (χ1n) is 7.68. The summed E-state index contributed by atoms with van der Waals surface area (Å²) in [6.45, 7) is 1.78. The maximum Gasteiger partial charge on any atom is 0.394 e. The molecule has 1 aliphatic heterocycles. The summed E-state index contributed by atoms with van der Waals surface area (Å²) in [5.41, 5.74) is 0. The van der Waals surface area contributed by atoms with Crippen LogP contribution in [0.25, 0.3) is 0 Å². The highest BCUT2D eigenvalue weighted by molar-refractivity contribution is 7.79. The van der Waals surface area contributed by atoms with E-state index in [2.05, 4.69) is 24.0 Å². The lowest BCUT2D eigenvalue weighted by Gasteiger charge is -2.35. The van der Waals surface area contributed by atoms with Gasteiger partial charge in [-0.1, -0.05) is 0 Å². The van der Waals surface area contributed by atoms with E-state index in [0.717, 1.165) is 38.2 Å². The first-order valence-corrected chi connectivity index (χ1v) is 9.08. The summed E-state index contributed by atoms with van der Waals surface area (Å²) in [5, 5.41) is 0. The van der Waals surface area contributed by atoms with Crippen LogP contribution in [-0.2, 0) is 28.7 Å². The number of likely N-dealkylation sites (tertiary alicyclic amines) is 1. The van der Waals surface area contributed by atoms with Gasteiger partial charge < -0.3 is 14.4 Å². The zero-order chi connectivity index (χ0) is 18.3. The molecule has 2 rings (SSSR count). The van der Waals surface area contributed by atoms with E-state index in [1.165, 1.54) is 0 Å². The summed E-state index contributed by atoms with van der Waals surface area (Å²) < 4.78 is 33.6. The van der Waals surface area contributed by atoms with Gasteiger partial charge in [-0.3, -0.25) is 13.9 Å². The fourth-order valence-electron chi connectivity index (χ4n) is 2.65. The minimum Gasteiger partial charge on any atom is -0.343 e. The minimum absolute atomic E-state index is 0.264. The molecule has 0 spiro atoms. The van der Waals surface area contributed by atoms with Crippen molar-refractivity contribution in [2.24, 2.45) is 7.05 Å². The Bertz CT molecular complexity index is 613. The number of carbonyl (C=O) groups is 1. The van der Waals surface area contributed by atoms with Crippen molar-refractivity contribution >= 4 is 16.3 Å². The van der Waals surface area contributed by atoms with Gasteiger partial charge in [-0.05, 0) is 26.9 Å². The molecular formula is C14H26N4O5S. The lowest BCUT2D eigenvalue weighted by atomic mass is 10.0. The van der Waals surface area contributed by atoms with Gasteiger partial charge >= 0.3 is 10.4 Å². The Kier molecular flexibility index (Phi) is 7.80. The second kappa shape index (κ2) is 9.11. The van der Waals surface area contributed by atoms with E-state index < -0.39 is 10.4 Å². The Morgan fingerprint density at radius 3 is 2.29 bits per heavy atom. The molecule has 0 atom stereocenters. The number of nitrogens with zero attached hydrogens (tertiary/aromatic N) is 4. The molecule has 1 fully saturated rings. The Labute approximate surface area is 142 Å². The van der Waals surface area contributed by atoms with Crippen molar-refractivity contribution in [3.63, 3.8) is 0 Å². The molecule has 1 amide bonds. The molecule has 10 heteroatoms. The Morgan fingerprint density at radius 2 is 1.88 bits per heavy atom. The van der Waals surface area contributed by atoms with E-state index in [9.17, 15) is 4.79 Å². The van der Waals surface area contributed by atoms with Crippen LogP contribution in [-0.4, -0.2) is 76.0 Å². The molecular weight excluding hydrogens is 336 g/mol. The highest BCUT2D eigenvalue weighted by Gasteiger charge is 2.23. The molecule has 138 valence electrons. The van der Waals surface area contributed by atoms with E-state index >= 15 is 0 Å². The second-order valence-corrected chi connectivity index (χ2v) is 6.87. The quantitative estimate of drug-likeness (QED) is 0.738. The first kappa shape index (κ1) is 20.6. The summed E-state index contributed by atoms with van der Waals surface area (Å²) in [6, 6.07) is 0.624. The monoisotopic (exact) mass is 362 g/mol. The largest absolute Gasteiger partial charge is 0.394 e. The van der Waals surface area contributed by atoms with Crippen molar-refractivity contribution in [3.8, 4) is 0 Å². The normalized spacial score (nSPS) is 16.0. The van der Waals surface area contributed by atoms with E-state index in [1.54, 1.807) is 6.20 Å². The number of piperidine rings is 1. The number of imidazole rings is 1. The molecule has 0 unspecified atom stereocenters. The van der Waals surface area contributed by atoms with Gasteiger partial charge in [0.05, 0.1) is 0 Å². The van der Waals surface area contributed by atoms with Gasteiger partial charge in [0.2, 0.25) is 5.91 Å². The third-order valence-corrected chi connectivity index (χ3v) is 4.03. The standard InChI is InChI=1S/C14H24N4O.H2O4S/c1-16(2)12-6-9-18(10-7-12)14(19)5-4-13-15-8-11-17(13)3;1-5(2,3)4/h8,11-12H,4-7,9-10H2,1-3H3;(H2,1,2,3,4). The third-order valence-electron chi connectivity index (χ3n) is 4.03. The average molecular weight is 362 g/mol. The zero-order valence-electron chi connectivity index (χ0n) is 14.3. The molecule has 1 aromatic rings. The number of aryl methyl sites for hydroxylation is 2. The van der Waals surface area contributed by atoms with Gasteiger partial charge in [0.1, 0.15) is 5.82 Å². The molecule has 1 saturated heterocycles. The number of amides is 1. The van der Waals surface area contributed by atoms with Crippen LogP contribution in [0.1, 0.15) is 25.1 Å². The number of aromatic nitrogens is 2. The smallest absolute Gasteiger partial charge is 0.343 e. The highest BCUT2D eigenvalue weighted by Crippen LogP contribution is 2.15. The highest BCUT2D eigenvalue weighted by atomic mass is 32.3. The lowest BCUT2D eigenvalue weighted by molar-refractivity contribution is -0.132. The molecule has 1 aromatic heterocycles. The molecule has 0 aliphatic carbocycles. The summed E-state index contributed by atoms with van der Waals surface area (Å²) in [6.07, 6.45) is 7.17. The summed E-state index contributed by atoms with van der Waals surface area (Å²) in [7, 11) is 1.53. The van der Waals surface area contributed by atoms with Crippen LogP contribution in [0.4, 0.5) is 0 Å². The fraction of sp³-hybridized carbons (Fsp3) is 0.714. The van der Waals surface area contributed by atoms with Gasteiger partial charge in [-0.15, -0.1) is 0 Å². The average Bonchev–Trinajstić information content (AvgIpc) is 2.88. The summed E-state index contributed by atoms with van der Waals surface area (Å²) in [5.74, 6) is 1.25. The molecule has 0 bridgehead atoms. The first-order chi connectivity index (χ1) is 11.1. The minimum atomic E-state index is -4.67. The molecule has 0 saturated carbocycles. The van der Waals surface area contributed by atoms with Crippen LogP contribution in [0.3, 0.4) is 0 Å². The van der Waals surface area contributed by atoms with Crippen molar-refractivity contribution in [1.29, 1.82) is 0 Å². The number of rotatable bonds is 4. The maximum absolute atomic E-state index is 12.2. The lowest BCUT2D eigenvalue weighted by Crippen LogP contribution is -2.44. The van der Waals surface area contributed by atoms with Crippen LogP contribution in [0, 0.1) is 0 Å². The Balaban J connectivity index is 0.000000505. The van der Waals surface area contributed by atoms with Crippen LogP contribution >= 0.6 is 0 Å². The van der Waals surface area contributed by atoms with Gasteiger partial charge in [-0.2, -0.15) is 8.42 Å². The van der Waals surface area contributed by atoms with Crippen molar-refractivity contribution in [2.75, 3.05) is 27.2 Å². The molecule has 9 nitrogen and oxygen atoms in total. The molecule has 2 heterocycles. The van der Waals surface area contributed by atoms with E-state index in [4.69, 9.17) is 17.5 Å². The van der Waals surface area contributed by atoms with Crippen molar-refractivity contribution in [2.45, 2.75) is 31.7 Å². The van der Waals surface area contributed by atoms with Gasteiger partial charge in [0, 0.05) is 51.4 Å². The second-order valence-electron chi connectivity index (χ2n) is 5.98. The third kappa shape index (κ3) is 7.86. The van der Waals surface area contributed by atoms with Crippen LogP contribution in [0.15, 0.2) is 12.4 Å². The molecule has 24 heavy (non-hydrogen) atoms. The Hall–Kier alpha value is -1.49. The maximum atomic E-state index is 12.2. The van der Waals surface area contributed by atoms with E-state index in [0.29, 0.717) is 12.5 Å². The Morgan fingerprint density at radius 1 is 1.33 bits per heavy atom. The number of hydrogen-bond acceptors (Lipinski definition) is 5. The van der Waals surface area contributed by atoms with Crippen molar-refractivity contribution in [1.82, 2.24) is 19.4 Å². The van der Waals surface area contributed by atoms with E-state index in [-0.39, 0.29) is 5.91 Å². The SMILES string of the molecule is CN(C)C1CCN(C(=O)CCc2nccn2C)CC1.O=S(=O)(O)O. The summed E-state index contributed by atoms with van der Waals surface area (Å²) >= 11 is 0.